The summed E-state index contributed by atoms with van der Waals surface area (Å²) in [6.45, 7) is 2.02. The number of rotatable bonds is 9. The first-order valence-electron chi connectivity index (χ1n) is 10.3. The Bertz CT molecular complexity index is 1250. The Labute approximate surface area is 198 Å². The predicted octanol–water partition coefficient (Wildman–Crippen LogP) is 4.60. The maximum absolute atomic E-state index is 12.9. The number of amides is 2. The first kappa shape index (κ1) is 24.3. The van der Waals surface area contributed by atoms with Crippen LogP contribution < -0.4 is 15.4 Å². The van der Waals surface area contributed by atoms with Gasteiger partial charge in [0.05, 0.1) is 10.6 Å². The van der Waals surface area contributed by atoms with E-state index >= 15 is 0 Å². The maximum Gasteiger partial charge on any atom is 0.262 e. The second kappa shape index (κ2) is 11.0. The van der Waals surface area contributed by atoms with Crippen LogP contribution in [0.5, 0.6) is 0 Å². The Hall–Kier alpha value is -3.36. The highest BCUT2D eigenvalue weighted by Gasteiger charge is 2.18. The lowest BCUT2D eigenvalue weighted by Gasteiger charge is -2.13. The molecule has 3 aromatic carbocycles. The molecule has 0 bridgehead atoms. The van der Waals surface area contributed by atoms with Crippen LogP contribution >= 0.6 is 11.6 Å². The van der Waals surface area contributed by atoms with Gasteiger partial charge in [0.1, 0.15) is 0 Å². The third-order valence-corrected chi connectivity index (χ3v) is 6.50. The number of halogens is 1. The molecule has 0 atom stereocenters. The number of nitrogens with one attached hydrogen (secondary N) is 3. The van der Waals surface area contributed by atoms with Crippen molar-refractivity contribution in [3.05, 3.63) is 88.9 Å². The van der Waals surface area contributed by atoms with E-state index in [4.69, 9.17) is 11.6 Å². The molecule has 0 aromatic heterocycles. The number of hydrogen-bond donors (Lipinski definition) is 3. The first-order chi connectivity index (χ1) is 15.7. The molecule has 3 rings (SSSR count). The molecule has 0 saturated heterocycles. The highest BCUT2D eigenvalue weighted by Crippen LogP contribution is 2.24. The Morgan fingerprint density at radius 3 is 2.39 bits per heavy atom. The van der Waals surface area contributed by atoms with Crippen LogP contribution in [0, 0.1) is 6.92 Å². The van der Waals surface area contributed by atoms with Gasteiger partial charge in [0.2, 0.25) is 5.91 Å². The second-order valence-electron chi connectivity index (χ2n) is 7.37. The van der Waals surface area contributed by atoms with Gasteiger partial charge in [-0.05, 0) is 61.4 Å². The summed E-state index contributed by atoms with van der Waals surface area (Å²) in [4.78, 5) is 24.4. The lowest BCUT2D eigenvalue weighted by molar-refractivity contribution is -0.116. The number of aryl methyl sites for hydroxylation is 1. The zero-order valence-electron chi connectivity index (χ0n) is 18.0. The van der Waals surface area contributed by atoms with Gasteiger partial charge in [-0.3, -0.25) is 14.3 Å². The Kier molecular flexibility index (Phi) is 8.08. The van der Waals surface area contributed by atoms with Crippen molar-refractivity contribution in [3.8, 4) is 0 Å². The minimum absolute atomic E-state index is 0.0513. The Morgan fingerprint density at radius 2 is 1.67 bits per heavy atom. The van der Waals surface area contributed by atoms with Crippen molar-refractivity contribution in [1.82, 2.24) is 5.32 Å². The quantitative estimate of drug-likeness (QED) is 0.385. The van der Waals surface area contributed by atoms with Gasteiger partial charge in [-0.2, -0.15) is 0 Å². The minimum Gasteiger partial charge on any atom is -0.352 e. The minimum atomic E-state index is -3.88. The number of sulfonamides is 1. The normalized spacial score (nSPS) is 11.0. The maximum atomic E-state index is 12.9. The highest BCUT2D eigenvalue weighted by atomic mass is 35.5. The van der Waals surface area contributed by atoms with Crippen LogP contribution in [0.3, 0.4) is 0 Å². The molecule has 0 fully saturated rings. The molecule has 0 heterocycles. The average Bonchev–Trinajstić information content (AvgIpc) is 2.78. The second-order valence-corrected chi connectivity index (χ2v) is 9.46. The molecule has 0 unspecified atom stereocenters. The number of benzene rings is 3. The van der Waals surface area contributed by atoms with Crippen LogP contribution in [0.4, 0.5) is 11.4 Å². The van der Waals surface area contributed by atoms with Crippen molar-refractivity contribution in [2.75, 3.05) is 16.6 Å². The van der Waals surface area contributed by atoms with Crippen molar-refractivity contribution in [2.24, 2.45) is 0 Å². The van der Waals surface area contributed by atoms with E-state index in [1.54, 1.807) is 61.5 Å². The molecular weight excluding hydrogens is 462 g/mol. The van der Waals surface area contributed by atoms with Crippen molar-refractivity contribution >= 4 is 44.8 Å². The molecule has 3 N–H and O–H groups in total. The molecule has 9 heteroatoms. The molecule has 0 aliphatic carbocycles. The summed E-state index contributed by atoms with van der Waals surface area (Å²) in [5, 5.41) is 5.89. The summed E-state index contributed by atoms with van der Waals surface area (Å²) in [6, 6.07) is 19.9. The van der Waals surface area contributed by atoms with E-state index in [0.717, 1.165) is 0 Å². The molecule has 7 nitrogen and oxygen atoms in total. The predicted molar refractivity (Wildman–Crippen MR) is 130 cm³/mol. The van der Waals surface area contributed by atoms with Gasteiger partial charge < -0.3 is 10.6 Å². The van der Waals surface area contributed by atoms with E-state index in [0.29, 0.717) is 40.5 Å². The van der Waals surface area contributed by atoms with E-state index in [-0.39, 0.29) is 23.1 Å². The Balaban J connectivity index is 1.56. The molecule has 0 saturated carbocycles. The van der Waals surface area contributed by atoms with Crippen LogP contribution in [-0.4, -0.2) is 26.8 Å². The SMILES string of the molecule is Cc1ccc(NC(=O)CCCNC(=O)c2ccccc2)cc1S(=O)(=O)Nc1cccc(Cl)c1. The summed E-state index contributed by atoms with van der Waals surface area (Å²) in [6.07, 6.45) is 0.615. The van der Waals surface area contributed by atoms with Gasteiger partial charge in [0.25, 0.3) is 15.9 Å². The molecule has 0 spiro atoms. The largest absolute Gasteiger partial charge is 0.352 e. The van der Waals surface area contributed by atoms with Gasteiger partial charge in [-0.15, -0.1) is 0 Å². The van der Waals surface area contributed by atoms with Crippen LogP contribution in [0.15, 0.2) is 77.7 Å². The lowest BCUT2D eigenvalue weighted by atomic mass is 10.2. The van der Waals surface area contributed by atoms with Crippen molar-refractivity contribution in [3.63, 3.8) is 0 Å². The van der Waals surface area contributed by atoms with Crippen molar-refractivity contribution in [2.45, 2.75) is 24.7 Å². The third-order valence-electron chi connectivity index (χ3n) is 4.74. The summed E-state index contributed by atoms with van der Waals surface area (Å²) in [5.74, 6) is -0.476. The number of anilines is 2. The summed E-state index contributed by atoms with van der Waals surface area (Å²) < 4.78 is 28.2. The molecule has 0 aliphatic heterocycles. The fourth-order valence-corrected chi connectivity index (χ4v) is 4.61. The van der Waals surface area contributed by atoms with Gasteiger partial charge >= 0.3 is 0 Å². The van der Waals surface area contributed by atoms with Crippen molar-refractivity contribution < 1.29 is 18.0 Å². The monoisotopic (exact) mass is 485 g/mol. The Morgan fingerprint density at radius 1 is 0.909 bits per heavy atom. The van der Waals surface area contributed by atoms with Crippen LogP contribution in [0.1, 0.15) is 28.8 Å². The third kappa shape index (κ3) is 7.06. The molecule has 3 aromatic rings. The lowest BCUT2D eigenvalue weighted by Crippen LogP contribution is -2.25. The van der Waals surface area contributed by atoms with Crippen LogP contribution in [0.2, 0.25) is 5.02 Å². The van der Waals surface area contributed by atoms with Crippen molar-refractivity contribution in [1.29, 1.82) is 0 Å². The van der Waals surface area contributed by atoms with E-state index in [1.807, 2.05) is 6.07 Å². The highest BCUT2D eigenvalue weighted by molar-refractivity contribution is 7.92. The molecule has 2 amide bonds. The van der Waals surface area contributed by atoms with E-state index in [1.165, 1.54) is 12.1 Å². The fourth-order valence-electron chi connectivity index (χ4n) is 3.10. The van der Waals surface area contributed by atoms with E-state index < -0.39 is 10.0 Å². The van der Waals surface area contributed by atoms with Gasteiger partial charge in [0, 0.05) is 29.2 Å². The topological polar surface area (TPSA) is 104 Å². The zero-order valence-corrected chi connectivity index (χ0v) is 19.5. The standard InChI is InChI=1S/C24H24ClN3O4S/c1-17-12-13-20(16-22(17)33(31,32)28-21-10-5-9-19(25)15-21)27-23(29)11-6-14-26-24(30)18-7-3-2-4-8-18/h2-5,7-10,12-13,15-16,28H,6,11,14H2,1H3,(H,26,30)(H,27,29). The van der Waals surface area contributed by atoms with E-state index in [9.17, 15) is 18.0 Å². The van der Waals surface area contributed by atoms with Gasteiger partial charge in [0.15, 0.2) is 0 Å². The molecule has 33 heavy (non-hydrogen) atoms. The summed E-state index contributed by atoms with van der Waals surface area (Å²) in [7, 11) is -3.88. The molecule has 0 aliphatic rings. The summed E-state index contributed by atoms with van der Waals surface area (Å²) in [5.41, 5.74) is 1.80. The molecular formula is C24H24ClN3O4S. The number of carbonyl (C=O) groups excluding carboxylic acids is 2. The first-order valence-corrected chi connectivity index (χ1v) is 12.1. The summed E-state index contributed by atoms with van der Waals surface area (Å²) >= 11 is 5.93. The van der Waals surface area contributed by atoms with Crippen LogP contribution in [-0.2, 0) is 14.8 Å². The van der Waals surface area contributed by atoms with Gasteiger partial charge in [-0.1, -0.05) is 41.9 Å². The smallest absolute Gasteiger partial charge is 0.262 e. The van der Waals surface area contributed by atoms with E-state index in [2.05, 4.69) is 15.4 Å². The molecule has 172 valence electrons. The van der Waals surface area contributed by atoms with Crippen LogP contribution in [0.25, 0.3) is 0 Å². The molecule has 0 radical (unpaired) electrons. The zero-order chi connectivity index (χ0) is 23.8. The average molecular weight is 486 g/mol. The fraction of sp³-hybridized carbons (Fsp3) is 0.167. The number of hydrogen-bond acceptors (Lipinski definition) is 4. The van der Waals surface area contributed by atoms with Gasteiger partial charge in [-0.25, -0.2) is 8.42 Å². The number of carbonyl (C=O) groups is 2.